The average Bonchev–Trinajstić information content (AvgIpc) is 4.01. The summed E-state index contributed by atoms with van der Waals surface area (Å²) in [5.41, 5.74) is 5.30. The van der Waals surface area contributed by atoms with Gasteiger partial charge in [0.1, 0.15) is 29.4 Å². The number of hydrogen-bond acceptors (Lipinski definition) is 11. The molecular formula is C42H38N6O8. The molecule has 0 fully saturated rings. The Morgan fingerprint density at radius 3 is 2.57 bits per heavy atom. The SMILES string of the molecule is COC(=O)c1nc2oc1-c1c[nH]c3cccc(c13)-c1cccc3c1NC1Oc4ccc5cc4[C@]31c1oc(nc1-2)[C@H](C(C)C)NC(=O)[C@@H](NC(=O)[C@@H](O)C(C)C)C5. The fourth-order valence-electron chi connectivity index (χ4n) is 8.73. The number of hydrogen-bond donors (Lipinski definition) is 5. The van der Waals surface area contributed by atoms with Crippen LogP contribution in [0.25, 0.3) is 44.9 Å². The van der Waals surface area contributed by atoms with Gasteiger partial charge in [-0.2, -0.15) is 4.98 Å². The second-order valence-corrected chi connectivity index (χ2v) is 15.5. The van der Waals surface area contributed by atoms with Gasteiger partial charge in [0.25, 0.3) is 0 Å². The van der Waals surface area contributed by atoms with Crippen molar-refractivity contribution < 1.29 is 37.8 Å². The fraction of sp³-hybridized carbons (Fsp3) is 0.310. The predicted octanol–water partition coefficient (Wildman–Crippen LogP) is 5.59. The number of nitrogens with one attached hydrogen (secondary N) is 4. The number of rotatable bonds is 5. The van der Waals surface area contributed by atoms with Crippen LogP contribution >= 0.6 is 0 Å². The van der Waals surface area contributed by atoms with Crippen molar-refractivity contribution in [1.29, 1.82) is 0 Å². The van der Waals surface area contributed by atoms with Crippen LogP contribution in [0, 0.1) is 11.8 Å². The number of aliphatic hydroxyl groups is 1. The van der Waals surface area contributed by atoms with Crippen LogP contribution in [0.4, 0.5) is 5.69 Å². The topological polar surface area (TPSA) is 194 Å². The Kier molecular flexibility index (Phi) is 7.34. The Labute approximate surface area is 320 Å². The van der Waals surface area contributed by atoms with E-state index in [1.165, 1.54) is 7.11 Å². The van der Waals surface area contributed by atoms with Crippen LogP contribution in [0.5, 0.6) is 5.75 Å². The van der Waals surface area contributed by atoms with Crippen LogP contribution in [0.15, 0.2) is 69.6 Å². The number of benzene rings is 3. The quantitative estimate of drug-likeness (QED) is 0.138. The number of para-hydroxylation sites is 1. The van der Waals surface area contributed by atoms with Crippen LogP contribution in [0.2, 0.25) is 0 Å². The number of carbonyl (C=O) groups is 3. The number of anilines is 1. The molecule has 1 unspecified atom stereocenters. The number of fused-ring (bicyclic) bond motifs is 7. The molecule has 0 saturated heterocycles. The van der Waals surface area contributed by atoms with Gasteiger partial charge in [0.2, 0.25) is 23.6 Å². The van der Waals surface area contributed by atoms with Crippen LogP contribution in [0.1, 0.15) is 72.6 Å². The van der Waals surface area contributed by atoms with E-state index in [0.29, 0.717) is 17.1 Å². The monoisotopic (exact) mass is 754 g/mol. The average molecular weight is 755 g/mol. The fourth-order valence-corrected chi connectivity index (χ4v) is 8.73. The van der Waals surface area contributed by atoms with Crippen molar-refractivity contribution in [2.45, 2.75) is 63.9 Å². The second-order valence-electron chi connectivity index (χ2n) is 15.5. The molecule has 4 aliphatic rings. The lowest BCUT2D eigenvalue weighted by molar-refractivity contribution is -0.135. The minimum absolute atomic E-state index is 0.0108. The first-order valence-electron chi connectivity index (χ1n) is 18.7. The third kappa shape index (κ3) is 4.62. The third-order valence-corrected chi connectivity index (χ3v) is 11.5. The molecule has 5 N–H and O–H groups in total. The maximum Gasteiger partial charge on any atom is 0.360 e. The van der Waals surface area contributed by atoms with Crippen LogP contribution in [-0.4, -0.2) is 63.3 Å². The number of carbonyl (C=O) groups excluding carboxylic acids is 3. The van der Waals surface area contributed by atoms with Gasteiger partial charge in [-0.1, -0.05) is 70.2 Å². The smallest absolute Gasteiger partial charge is 0.360 e. The van der Waals surface area contributed by atoms with Crippen molar-refractivity contribution >= 4 is 34.4 Å². The van der Waals surface area contributed by atoms with Gasteiger partial charge in [0, 0.05) is 51.5 Å². The van der Waals surface area contributed by atoms with Crippen molar-refractivity contribution in [3.8, 4) is 39.8 Å². The molecule has 56 heavy (non-hydrogen) atoms. The van der Waals surface area contributed by atoms with Gasteiger partial charge >= 0.3 is 5.97 Å². The molecule has 2 amide bonds. The molecule has 10 bridgehead atoms. The summed E-state index contributed by atoms with van der Waals surface area (Å²) >= 11 is 0. The summed E-state index contributed by atoms with van der Waals surface area (Å²) in [4.78, 5) is 54.2. The standard InChI is InChI=1S/C42H38N6O8/c1-17(2)29-38-47-32-35(56-38)42-23-10-6-9-21(20-8-7-11-25-28(20)22(16-43-25)34-31(40(52)53-5)46-39(32)55-34)30(23)48-41(42)54-27-13-12-19(14-24(27)42)15-26(36(50)45-29)44-37(51)33(49)18(3)4/h6-14,16-18,26,29,33,41,43,48-49H,15H2,1-5H3,(H,44,51)(H,45,50)/t26-,29-,33-,41?,42-/m0/s1. The second kappa shape index (κ2) is 12.0. The first kappa shape index (κ1) is 34.1. The number of nitrogens with zero attached hydrogens (tertiary/aromatic N) is 2. The zero-order valence-corrected chi connectivity index (χ0v) is 31.1. The summed E-state index contributed by atoms with van der Waals surface area (Å²) in [6, 6.07) is 15.9. The Bertz CT molecular complexity index is 2650. The number of ether oxygens (including phenoxy) is 2. The zero-order chi connectivity index (χ0) is 38.8. The van der Waals surface area contributed by atoms with Crippen molar-refractivity contribution in [3.05, 3.63) is 94.8 Å². The first-order valence-corrected chi connectivity index (χ1v) is 18.7. The first-order chi connectivity index (χ1) is 27.0. The minimum Gasteiger partial charge on any atom is -0.469 e. The number of esters is 1. The van der Waals surface area contributed by atoms with Crippen molar-refractivity contribution in [2.24, 2.45) is 11.8 Å². The molecular weight excluding hydrogens is 716 g/mol. The molecule has 14 heteroatoms. The predicted molar refractivity (Wildman–Crippen MR) is 203 cm³/mol. The number of oxazole rings is 2. The minimum atomic E-state index is -1.31. The van der Waals surface area contributed by atoms with E-state index >= 15 is 0 Å². The molecule has 0 aliphatic carbocycles. The molecule has 0 radical (unpaired) electrons. The van der Waals surface area contributed by atoms with Gasteiger partial charge in [-0.25, -0.2) is 9.78 Å². The molecule has 1 spiro atoms. The van der Waals surface area contributed by atoms with E-state index in [2.05, 4.69) is 20.9 Å². The van der Waals surface area contributed by atoms with E-state index in [4.69, 9.17) is 28.3 Å². The zero-order valence-electron chi connectivity index (χ0n) is 31.1. The molecule has 3 aromatic heterocycles. The lowest BCUT2D eigenvalue weighted by Crippen LogP contribution is -2.52. The molecule has 4 aliphatic heterocycles. The van der Waals surface area contributed by atoms with E-state index in [0.717, 1.165) is 44.4 Å². The molecule has 284 valence electrons. The lowest BCUT2D eigenvalue weighted by atomic mass is 9.72. The summed E-state index contributed by atoms with van der Waals surface area (Å²) in [6.45, 7) is 7.31. The maximum atomic E-state index is 14.2. The van der Waals surface area contributed by atoms with Crippen LogP contribution in [-0.2, 0) is 26.2 Å². The highest BCUT2D eigenvalue weighted by Gasteiger charge is 2.62. The van der Waals surface area contributed by atoms with Gasteiger partial charge in [-0.3, -0.25) is 9.59 Å². The largest absolute Gasteiger partial charge is 0.469 e. The number of aliphatic hydroxyl groups excluding tert-OH is 1. The Hall–Kier alpha value is -6.41. The van der Waals surface area contributed by atoms with Crippen molar-refractivity contribution in [2.75, 3.05) is 12.4 Å². The Balaban J connectivity index is 1.31. The van der Waals surface area contributed by atoms with Crippen molar-refractivity contribution in [3.63, 3.8) is 0 Å². The number of H-pyrrole nitrogens is 1. The summed E-state index contributed by atoms with van der Waals surface area (Å²) in [6.07, 6.45) is -0.153. The number of aromatic amines is 1. The van der Waals surface area contributed by atoms with Gasteiger partial charge in [-0.05, 0) is 35.1 Å². The summed E-state index contributed by atoms with van der Waals surface area (Å²) in [5.74, 6) is -1.16. The third-order valence-electron chi connectivity index (χ3n) is 11.5. The summed E-state index contributed by atoms with van der Waals surface area (Å²) < 4.78 is 25.7. The van der Waals surface area contributed by atoms with E-state index in [1.54, 1.807) is 20.0 Å². The van der Waals surface area contributed by atoms with Crippen LogP contribution < -0.4 is 20.7 Å². The molecule has 7 heterocycles. The van der Waals surface area contributed by atoms with Gasteiger partial charge < -0.3 is 44.3 Å². The summed E-state index contributed by atoms with van der Waals surface area (Å²) in [7, 11) is 1.29. The number of methoxy groups -OCH3 is 1. The lowest BCUT2D eigenvalue weighted by Gasteiger charge is -2.29. The Morgan fingerprint density at radius 1 is 0.982 bits per heavy atom. The maximum absolute atomic E-state index is 14.2. The molecule has 6 aromatic rings. The highest BCUT2D eigenvalue weighted by molar-refractivity contribution is 6.10. The molecule has 10 rings (SSSR count). The van der Waals surface area contributed by atoms with E-state index < -0.39 is 47.6 Å². The Morgan fingerprint density at radius 2 is 1.79 bits per heavy atom. The van der Waals surface area contributed by atoms with Crippen molar-refractivity contribution in [1.82, 2.24) is 25.6 Å². The van der Waals surface area contributed by atoms with E-state index in [9.17, 15) is 19.5 Å². The number of amides is 2. The molecule has 0 saturated carbocycles. The van der Waals surface area contributed by atoms with Gasteiger partial charge in [-0.15, -0.1) is 0 Å². The number of aromatic nitrogens is 3. The normalized spacial score (nSPS) is 21.7. The van der Waals surface area contributed by atoms with Crippen LogP contribution in [0.3, 0.4) is 0 Å². The highest BCUT2D eigenvalue weighted by Crippen LogP contribution is 2.61. The van der Waals surface area contributed by atoms with Gasteiger partial charge in [0.15, 0.2) is 29.1 Å². The highest BCUT2D eigenvalue weighted by atomic mass is 16.5. The molecule has 14 nitrogen and oxygen atoms in total. The van der Waals surface area contributed by atoms with E-state index in [-0.39, 0.29) is 47.2 Å². The summed E-state index contributed by atoms with van der Waals surface area (Å²) in [5, 5.41) is 21.1. The van der Waals surface area contributed by atoms with Gasteiger partial charge in [0.05, 0.1) is 7.11 Å². The molecule has 3 aromatic carbocycles. The van der Waals surface area contributed by atoms with E-state index in [1.807, 2.05) is 68.4 Å². The molecule has 5 atom stereocenters.